The number of benzene rings is 1. The average molecular weight is 343 g/mol. The van der Waals surface area contributed by atoms with Crippen LogP contribution in [0.1, 0.15) is 55.6 Å². The Kier molecular flexibility index (Phi) is 5.06. The molecule has 2 aromatic rings. The highest BCUT2D eigenvalue weighted by molar-refractivity contribution is 5.77. The smallest absolute Gasteiger partial charge is 0.226 e. The maximum absolute atomic E-state index is 12.8. The largest absolute Gasteiger partial charge is 0.497 e. The Morgan fingerprint density at radius 2 is 2.20 bits per heavy atom. The maximum atomic E-state index is 12.8. The normalized spacial score (nSPS) is 19.6. The Balaban J connectivity index is 1.65. The van der Waals surface area contributed by atoms with E-state index in [1.807, 2.05) is 11.0 Å². The second kappa shape index (κ2) is 7.25. The minimum atomic E-state index is 0.0720. The molecule has 1 aliphatic rings. The lowest BCUT2D eigenvalue weighted by Gasteiger charge is -2.40. The van der Waals surface area contributed by atoms with Gasteiger partial charge >= 0.3 is 0 Å². The van der Waals surface area contributed by atoms with Crippen LogP contribution >= 0.6 is 0 Å². The van der Waals surface area contributed by atoms with Gasteiger partial charge in [-0.15, -0.1) is 0 Å². The molecule has 0 saturated carbocycles. The van der Waals surface area contributed by atoms with Gasteiger partial charge in [0.25, 0.3) is 0 Å². The number of aryl methyl sites for hydroxylation is 2. The first kappa shape index (κ1) is 17.5. The van der Waals surface area contributed by atoms with Gasteiger partial charge in [-0.05, 0) is 56.9 Å². The van der Waals surface area contributed by atoms with Gasteiger partial charge in [-0.2, -0.15) is 4.98 Å². The van der Waals surface area contributed by atoms with Crippen molar-refractivity contribution in [2.75, 3.05) is 7.11 Å². The fraction of sp³-hybridized carbons (Fsp3) is 0.526. The molecule has 0 bridgehead atoms. The quantitative estimate of drug-likeness (QED) is 0.833. The van der Waals surface area contributed by atoms with Gasteiger partial charge in [-0.3, -0.25) is 4.79 Å². The van der Waals surface area contributed by atoms with Crippen LogP contribution < -0.4 is 4.74 Å². The van der Waals surface area contributed by atoms with Crippen LogP contribution in [0.25, 0.3) is 0 Å². The van der Waals surface area contributed by atoms with E-state index in [0.717, 1.165) is 12.2 Å². The number of carbonyl (C=O) groups excluding carboxylic acids is 1. The van der Waals surface area contributed by atoms with Crippen LogP contribution in [0.2, 0.25) is 0 Å². The Hall–Kier alpha value is -2.37. The van der Waals surface area contributed by atoms with E-state index in [2.05, 4.69) is 36.1 Å². The second-order valence-electron chi connectivity index (χ2n) is 6.68. The maximum Gasteiger partial charge on any atom is 0.226 e. The molecule has 1 aliphatic heterocycles. The molecule has 25 heavy (non-hydrogen) atoms. The van der Waals surface area contributed by atoms with E-state index in [0.29, 0.717) is 31.0 Å². The molecule has 2 unspecified atom stereocenters. The molecule has 134 valence electrons. The van der Waals surface area contributed by atoms with Gasteiger partial charge in [0.15, 0.2) is 5.82 Å². The van der Waals surface area contributed by atoms with Crippen LogP contribution in [0.3, 0.4) is 0 Å². The van der Waals surface area contributed by atoms with Gasteiger partial charge in [-0.25, -0.2) is 0 Å². The molecule has 3 rings (SSSR count). The van der Waals surface area contributed by atoms with E-state index in [1.54, 1.807) is 14.0 Å². The Morgan fingerprint density at radius 1 is 1.40 bits per heavy atom. The lowest BCUT2D eigenvalue weighted by atomic mass is 9.89. The first-order valence-electron chi connectivity index (χ1n) is 8.76. The van der Waals surface area contributed by atoms with Crippen molar-refractivity contribution in [2.24, 2.45) is 0 Å². The van der Waals surface area contributed by atoms with E-state index in [-0.39, 0.29) is 18.0 Å². The molecule has 2 atom stereocenters. The summed E-state index contributed by atoms with van der Waals surface area (Å²) in [4.78, 5) is 19.0. The molecule has 0 spiro atoms. The first-order valence-corrected chi connectivity index (χ1v) is 8.76. The summed E-state index contributed by atoms with van der Waals surface area (Å²) >= 11 is 0. The van der Waals surface area contributed by atoms with Crippen molar-refractivity contribution in [1.82, 2.24) is 15.0 Å². The van der Waals surface area contributed by atoms with Crippen molar-refractivity contribution < 1.29 is 14.1 Å². The molecule has 1 amide bonds. The van der Waals surface area contributed by atoms with E-state index in [4.69, 9.17) is 9.26 Å². The summed E-state index contributed by atoms with van der Waals surface area (Å²) in [5.41, 5.74) is 2.48. The number of carbonyl (C=O) groups is 1. The van der Waals surface area contributed by atoms with Crippen LogP contribution in [0.15, 0.2) is 22.7 Å². The zero-order valence-electron chi connectivity index (χ0n) is 15.3. The third-order valence-electron chi connectivity index (χ3n) is 4.85. The molecule has 6 heteroatoms. The zero-order valence-corrected chi connectivity index (χ0v) is 15.3. The molecular weight excluding hydrogens is 318 g/mol. The van der Waals surface area contributed by atoms with Crippen molar-refractivity contribution >= 4 is 5.91 Å². The third kappa shape index (κ3) is 3.67. The number of nitrogens with zero attached hydrogens (tertiary/aromatic N) is 3. The van der Waals surface area contributed by atoms with Crippen LogP contribution in [0, 0.1) is 6.92 Å². The monoisotopic (exact) mass is 343 g/mol. The van der Waals surface area contributed by atoms with Gasteiger partial charge in [0.2, 0.25) is 11.8 Å². The van der Waals surface area contributed by atoms with Crippen molar-refractivity contribution in [2.45, 2.75) is 58.5 Å². The molecule has 1 aromatic heterocycles. The van der Waals surface area contributed by atoms with Gasteiger partial charge in [0, 0.05) is 18.9 Å². The van der Waals surface area contributed by atoms with Crippen LogP contribution in [0.4, 0.5) is 0 Å². The summed E-state index contributed by atoms with van der Waals surface area (Å²) in [6.45, 7) is 6.00. The first-order chi connectivity index (χ1) is 12.0. The SMILES string of the molecule is COc1ccc2c(c1)CC(C)N(C(=O)CCCc1nc(C)no1)C2C. The number of hydrogen-bond donors (Lipinski definition) is 0. The zero-order chi connectivity index (χ0) is 18.0. The van der Waals surface area contributed by atoms with Gasteiger partial charge < -0.3 is 14.2 Å². The number of amides is 1. The number of hydrogen-bond acceptors (Lipinski definition) is 5. The van der Waals surface area contributed by atoms with E-state index >= 15 is 0 Å². The topological polar surface area (TPSA) is 68.5 Å². The lowest BCUT2D eigenvalue weighted by Crippen LogP contribution is -2.44. The standard InChI is InChI=1S/C19H25N3O3/c1-12-10-15-11-16(24-4)8-9-17(15)13(2)22(12)19(23)7-5-6-18-20-14(3)21-25-18/h8-9,11-13H,5-7,10H2,1-4H3. The third-order valence-corrected chi connectivity index (χ3v) is 4.85. The molecule has 0 aliphatic carbocycles. The number of rotatable bonds is 5. The minimum Gasteiger partial charge on any atom is -0.497 e. The average Bonchev–Trinajstić information content (AvgIpc) is 2.99. The van der Waals surface area contributed by atoms with Gasteiger partial charge in [-0.1, -0.05) is 11.2 Å². The van der Waals surface area contributed by atoms with E-state index in [9.17, 15) is 4.79 Å². The summed E-state index contributed by atoms with van der Waals surface area (Å²) in [6, 6.07) is 6.37. The van der Waals surface area contributed by atoms with Crippen LogP contribution in [0.5, 0.6) is 5.75 Å². The van der Waals surface area contributed by atoms with Crippen molar-refractivity contribution in [3.05, 3.63) is 41.0 Å². The second-order valence-corrected chi connectivity index (χ2v) is 6.68. The summed E-state index contributed by atoms with van der Waals surface area (Å²) < 4.78 is 10.4. The summed E-state index contributed by atoms with van der Waals surface area (Å²) in [6.07, 6.45) is 2.69. The Morgan fingerprint density at radius 3 is 2.88 bits per heavy atom. The summed E-state index contributed by atoms with van der Waals surface area (Å²) in [5, 5.41) is 3.78. The molecule has 6 nitrogen and oxygen atoms in total. The predicted octanol–water partition coefficient (Wildman–Crippen LogP) is 3.24. The van der Waals surface area contributed by atoms with E-state index < -0.39 is 0 Å². The van der Waals surface area contributed by atoms with Crippen molar-refractivity contribution in [1.29, 1.82) is 0 Å². The van der Waals surface area contributed by atoms with Crippen molar-refractivity contribution in [3.63, 3.8) is 0 Å². The molecular formula is C19H25N3O3. The highest BCUT2D eigenvalue weighted by atomic mass is 16.5. The Bertz CT molecular complexity index is 756. The highest BCUT2D eigenvalue weighted by Crippen LogP contribution is 2.35. The number of fused-ring (bicyclic) bond motifs is 1. The minimum absolute atomic E-state index is 0.0720. The van der Waals surface area contributed by atoms with Crippen molar-refractivity contribution in [3.8, 4) is 5.75 Å². The Labute approximate surface area is 148 Å². The molecule has 1 aromatic carbocycles. The lowest BCUT2D eigenvalue weighted by molar-refractivity contribution is -0.136. The summed E-state index contributed by atoms with van der Waals surface area (Å²) in [5.74, 6) is 2.28. The summed E-state index contributed by atoms with van der Waals surface area (Å²) in [7, 11) is 1.68. The molecule has 2 heterocycles. The van der Waals surface area contributed by atoms with Gasteiger partial charge in [0.05, 0.1) is 13.2 Å². The molecule has 0 saturated heterocycles. The molecule has 0 radical (unpaired) electrons. The predicted molar refractivity (Wildman–Crippen MR) is 93.4 cm³/mol. The molecule has 0 fully saturated rings. The van der Waals surface area contributed by atoms with Crippen LogP contribution in [-0.2, 0) is 17.6 Å². The highest BCUT2D eigenvalue weighted by Gasteiger charge is 2.32. The van der Waals surface area contributed by atoms with E-state index in [1.165, 1.54) is 11.1 Å². The number of aromatic nitrogens is 2. The van der Waals surface area contributed by atoms with Gasteiger partial charge in [0.1, 0.15) is 5.75 Å². The van der Waals surface area contributed by atoms with Crippen LogP contribution in [-0.4, -0.2) is 34.1 Å². The fourth-order valence-electron chi connectivity index (χ4n) is 3.66. The number of methoxy groups -OCH3 is 1. The number of ether oxygens (including phenoxy) is 1. The fourth-order valence-corrected chi connectivity index (χ4v) is 3.66. The molecule has 0 N–H and O–H groups in total.